The minimum atomic E-state index is -0.178. The van der Waals surface area contributed by atoms with Crippen molar-refractivity contribution in [3.63, 3.8) is 0 Å². The molecule has 0 saturated heterocycles. The number of amides is 2. The molecule has 2 aromatic heterocycles. The van der Waals surface area contributed by atoms with Crippen LogP contribution in [0.15, 0.2) is 71.5 Å². The van der Waals surface area contributed by atoms with Gasteiger partial charge in [-0.1, -0.05) is 18.2 Å². The number of nitrogens with zero attached hydrogens (tertiary/aromatic N) is 2. The van der Waals surface area contributed by atoms with E-state index < -0.39 is 0 Å². The molecule has 0 bridgehead atoms. The van der Waals surface area contributed by atoms with Crippen molar-refractivity contribution in [2.75, 3.05) is 7.11 Å². The molecule has 1 N–H and O–H groups in total. The molecule has 0 spiro atoms. The van der Waals surface area contributed by atoms with Gasteiger partial charge in [-0.15, -0.1) is 0 Å². The summed E-state index contributed by atoms with van der Waals surface area (Å²) in [5.74, 6) is 1.51. The van der Waals surface area contributed by atoms with E-state index in [2.05, 4.69) is 10.3 Å². The zero-order valence-electron chi connectivity index (χ0n) is 14.6. The van der Waals surface area contributed by atoms with Gasteiger partial charge in [0.05, 0.1) is 32.2 Å². The van der Waals surface area contributed by atoms with Crippen LogP contribution in [0.1, 0.15) is 17.0 Å². The Labute approximate surface area is 152 Å². The Morgan fingerprint density at radius 1 is 1.12 bits per heavy atom. The van der Waals surface area contributed by atoms with E-state index in [1.807, 2.05) is 54.6 Å². The van der Waals surface area contributed by atoms with Crippen molar-refractivity contribution < 1.29 is 13.9 Å². The second-order valence-corrected chi connectivity index (χ2v) is 5.76. The highest BCUT2D eigenvalue weighted by molar-refractivity contribution is 5.74. The lowest BCUT2D eigenvalue weighted by molar-refractivity contribution is 0.186. The van der Waals surface area contributed by atoms with Crippen molar-refractivity contribution in [1.29, 1.82) is 0 Å². The lowest BCUT2D eigenvalue weighted by Gasteiger charge is -2.22. The van der Waals surface area contributed by atoms with Crippen molar-refractivity contribution in [2.24, 2.45) is 0 Å². The van der Waals surface area contributed by atoms with Gasteiger partial charge in [0.2, 0.25) is 0 Å². The quantitative estimate of drug-likeness (QED) is 0.706. The molecule has 26 heavy (non-hydrogen) atoms. The number of methoxy groups -OCH3 is 1. The highest BCUT2D eigenvalue weighted by Crippen LogP contribution is 2.12. The molecule has 0 saturated carbocycles. The van der Waals surface area contributed by atoms with Crippen LogP contribution in [-0.4, -0.2) is 23.0 Å². The number of furan rings is 1. The summed E-state index contributed by atoms with van der Waals surface area (Å²) < 4.78 is 10.5. The first kappa shape index (κ1) is 17.5. The van der Waals surface area contributed by atoms with E-state index in [1.54, 1.807) is 24.5 Å². The molecule has 3 aromatic rings. The fraction of sp³-hybridized carbons (Fsp3) is 0.200. The van der Waals surface area contributed by atoms with Crippen LogP contribution in [0, 0.1) is 0 Å². The Hall–Kier alpha value is -3.28. The molecule has 134 valence electrons. The summed E-state index contributed by atoms with van der Waals surface area (Å²) in [6, 6.07) is 16.7. The molecule has 0 aliphatic rings. The van der Waals surface area contributed by atoms with Gasteiger partial charge in [-0.3, -0.25) is 4.98 Å². The van der Waals surface area contributed by atoms with Crippen LogP contribution in [0.3, 0.4) is 0 Å². The van der Waals surface area contributed by atoms with Crippen LogP contribution < -0.4 is 10.1 Å². The SMILES string of the molecule is COc1ccc(CNC(=O)N(Cc2ccccn2)Cc2ccco2)cc1. The van der Waals surface area contributed by atoms with Gasteiger partial charge in [-0.25, -0.2) is 4.79 Å². The number of carbonyl (C=O) groups is 1. The molecule has 0 unspecified atom stereocenters. The summed E-state index contributed by atoms with van der Waals surface area (Å²) in [5.41, 5.74) is 1.81. The molecule has 6 nitrogen and oxygen atoms in total. The second kappa shape index (κ2) is 8.71. The first-order valence-corrected chi connectivity index (χ1v) is 8.32. The molecule has 1 aromatic carbocycles. The van der Waals surface area contributed by atoms with Crippen LogP contribution in [0.5, 0.6) is 5.75 Å². The number of hydrogen-bond donors (Lipinski definition) is 1. The predicted octanol–water partition coefficient (Wildman–Crippen LogP) is 3.60. The fourth-order valence-electron chi connectivity index (χ4n) is 2.51. The number of pyridine rings is 1. The van der Waals surface area contributed by atoms with Crippen molar-refractivity contribution in [2.45, 2.75) is 19.6 Å². The van der Waals surface area contributed by atoms with Gasteiger partial charge < -0.3 is 19.4 Å². The Balaban J connectivity index is 1.65. The third kappa shape index (κ3) is 4.86. The summed E-state index contributed by atoms with van der Waals surface area (Å²) in [6.45, 7) is 1.20. The lowest BCUT2D eigenvalue weighted by Crippen LogP contribution is -2.38. The Morgan fingerprint density at radius 2 is 1.96 bits per heavy atom. The fourth-order valence-corrected chi connectivity index (χ4v) is 2.51. The molecule has 2 heterocycles. The Morgan fingerprint density at radius 3 is 2.62 bits per heavy atom. The summed E-state index contributed by atoms with van der Waals surface area (Å²) in [4.78, 5) is 18.7. The average Bonchev–Trinajstić information content (AvgIpc) is 3.20. The average molecular weight is 351 g/mol. The number of rotatable bonds is 7. The van der Waals surface area contributed by atoms with Crippen molar-refractivity contribution in [3.8, 4) is 5.75 Å². The van der Waals surface area contributed by atoms with Gasteiger partial charge in [-0.05, 0) is 42.0 Å². The number of hydrogen-bond acceptors (Lipinski definition) is 4. The van der Waals surface area contributed by atoms with E-state index in [0.717, 1.165) is 22.8 Å². The topological polar surface area (TPSA) is 67.6 Å². The third-order valence-corrected chi connectivity index (χ3v) is 3.90. The molecule has 3 rings (SSSR count). The molecule has 2 amide bonds. The van der Waals surface area contributed by atoms with Crippen molar-refractivity contribution >= 4 is 6.03 Å². The van der Waals surface area contributed by atoms with Gasteiger partial charge in [0.1, 0.15) is 11.5 Å². The highest BCUT2D eigenvalue weighted by atomic mass is 16.5. The summed E-state index contributed by atoms with van der Waals surface area (Å²) in [5, 5.41) is 2.95. The normalized spacial score (nSPS) is 10.3. The molecule has 0 atom stereocenters. The van der Waals surface area contributed by atoms with Crippen molar-refractivity contribution in [1.82, 2.24) is 15.2 Å². The Bertz CT molecular complexity index is 802. The number of aromatic nitrogens is 1. The number of ether oxygens (including phenoxy) is 1. The molecule has 0 aliphatic carbocycles. The minimum absolute atomic E-state index is 0.178. The van der Waals surface area contributed by atoms with E-state index in [1.165, 1.54) is 0 Å². The maximum atomic E-state index is 12.7. The van der Waals surface area contributed by atoms with Crippen LogP contribution in [0.4, 0.5) is 4.79 Å². The number of carbonyl (C=O) groups excluding carboxylic acids is 1. The van der Waals surface area contributed by atoms with Crippen molar-refractivity contribution in [3.05, 3.63) is 84.1 Å². The zero-order valence-corrected chi connectivity index (χ0v) is 14.6. The molecule has 0 aliphatic heterocycles. The molecule has 0 fully saturated rings. The number of benzene rings is 1. The lowest BCUT2D eigenvalue weighted by atomic mass is 10.2. The van der Waals surface area contributed by atoms with E-state index in [9.17, 15) is 4.79 Å². The van der Waals surface area contributed by atoms with E-state index in [4.69, 9.17) is 9.15 Å². The molecular formula is C20H21N3O3. The van der Waals surface area contributed by atoms with Gasteiger partial charge in [0.25, 0.3) is 0 Å². The largest absolute Gasteiger partial charge is 0.497 e. The second-order valence-electron chi connectivity index (χ2n) is 5.76. The summed E-state index contributed by atoms with van der Waals surface area (Å²) in [7, 11) is 1.63. The first-order valence-electron chi connectivity index (χ1n) is 8.32. The predicted molar refractivity (Wildman–Crippen MR) is 97.4 cm³/mol. The Kier molecular flexibility index (Phi) is 5.88. The maximum Gasteiger partial charge on any atom is 0.318 e. The van der Waals surface area contributed by atoms with Crippen LogP contribution in [-0.2, 0) is 19.6 Å². The highest BCUT2D eigenvalue weighted by Gasteiger charge is 2.16. The first-order chi connectivity index (χ1) is 12.7. The van der Waals surface area contributed by atoms with Crippen LogP contribution >= 0.6 is 0 Å². The maximum absolute atomic E-state index is 12.7. The van der Waals surface area contributed by atoms with Crippen LogP contribution in [0.25, 0.3) is 0 Å². The smallest absolute Gasteiger partial charge is 0.318 e. The van der Waals surface area contributed by atoms with Gasteiger partial charge in [-0.2, -0.15) is 0 Å². The molecular weight excluding hydrogens is 330 g/mol. The van der Waals surface area contributed by atoms with Gasteiger partial charge in [0.15, 0.2) is 0 Å². The summed E-state index contributed by atoms with van der Waals surface area (Å²) in [6.07, 6.45) is 3.32. The number of nitrogens with one attached hydrogen (secondary N) is 1. The monoisotopic (exact) mass is 351 g/mol. The third-order valence-electron chi connectivity index (χ3n) is 3.90. The molecule has 6 heteroatoms. The standard InChI is InChI=1S/C20H21N3O3/c1-25-18-9-7-16(8-10-18)13-22-20(24)23(15-19-6-4-12-26-19)14-17-5-2-3-11-21-17/h2-12H,13-15H2,1H3,(H,22,24). The van der Waals surface area contributed by atoms with Crippen LogP contribution in [0.2, 0.25) is 0 Å². The minimum Gasteiger partial charge on any atom is -0.497 e. The van der Waals surface area contributed by atoms with Gasteiger partial charge >= 0.3 is 6.03 Å². The number of urea groups is 1. The van der Waals surface area contributed by atoms with E-state index in [-0.39, 0.29) is 6.03 Å². The van der Waals surface area contributed by atoms with Gasteiger partial charge in [0, 0.05) is 12.7 Å². The molecule has 0 radical (unpaired) electrons. The van der Waals surface area contributed by atoms with E-state index >= 15 is 0 Å². The van der Waals surface area contributed by atoms with E-state index in [0.29, 0.717) is 19.6 Å². The summed E-state index contributed by atoms with van der Waals surface area (Å²) >= 11 is 0. The zero-order chi connectivity index (χ0) is 18.2.